The standard InChI is InChI=1S/C16H24N2O4/c1-4-16(2,15(17)20)18-14(19)9-10-22-11-12-5-7-13(21-3)8-6-12/h5-8H,4,9-11H2,1-3H3,(H2,17,20)(H,18,19). The van der Waals surface area contributed by atoms with Crippen molar-refractivity contribution in [3.05, 3.63) is 29.8 Å². The Balaban J connectivity index is 2.31. The van der Waals surface area contributed by atoms with Gasteiger partial charge in [0.05, 0.1) is 26.7 Å². The molecule has 3 N–H and O–H groups in total. The van der Waals surface area contributed by atoms with Crippen molar-refractivity contribution in [2.24, 2.45) is 5.73 Å². The maximum absolute atomic E-state index is 11.8. The minimum absolute atomic E-state index is 0.180. The van der Waals surface area contributed by atoms with Crippen molar-refractivity contribution in [2.45, 2.75) is 38.8 Å². The van der Waals surface area contributed by atoms with Crippen LogP contribution in [0.15, 0.2) is 24.3 Å². The number of hydrogen-bond donors (Lipinski definition) is 2. The summed E-state index contributed by atoms with van der Waals surface area (Å²) in [7, 11) is 1.61. The van der Waals surface area contributed by atoms with Gasteiger partial charge in [0.1, 0.15) is 11.3 Å². The van der Waals surface area contributed by atoms with Crippen LogP contribution < -0.4 is 15.8 Å². The second kappa shape index (κ2) is 8.38. The number of methoxy groups -OCH3 is 1. The molecule has 1 unspecified atom stereocenters. The van der Waals surface area contributed by atoms with Crippen molar-refractivity contribution in [1.82, 2.24) is 5.32 Å². The summed E-state index contributed by atoms with van der Waals surface area (Å²) < 4.78 is 10.5. The molecule has 0 bridgehead atoms. The largest absolute Gasteiger partial charge is 0.497 e. The normalized spacial score (nSPS) is 13.2. The molecule has 0 saturated heterocycles. The first-order valence-electron chi connectivity index (χ1n) is 7.23. The molecule has 1 atom stereocenters. The van der Waals surface area contributed by atoms with Crippen LogP contribution in [0.2, 0.25) is 0 Å². The molecule has 2 amide bonds. The van der Waals surface area contributed by atoms with E-state index in [1.807, 2.05) is 24.3 Å². The molecule has 0 heterocycles. The Morgan fingerprint density at radius 3 is 2.41 bits per heavy atom. The van der Waals surface area contributed by atoms with Gasteiger partial charge in [-0.25, -0.2) is 0 Å². The first-order valence-corrected chi connectivity index (χ1v) is 7.23. The molecule has 6 nitrogen and oxygen atoms in total. The number of amides is 2. The van der Waals surface area contributed by atoms with Gasteiger partial charge in [0, 0.05) is 0 Å². The van der Waals surface area contributed by atoms with E-state index in [4.69, 9.17) is 15.2 Å². The van der Waals surface area contributed by atoms with E-state index in [-0.39, 0.29) is 18.9 Å². The molecule has 1 aromatic rings. The molecule has 0 aliphatic heterocycles. The van der Waals surface area contributed by atoms with Crippen LogP contribution in [-0.2, 0) is 20.9 Å². The predicted octanol–water partition coefficient (Wildman–Crippen LogP) is 1.37. The summed E-state index contributed by atoms with van der Waals surface area (Å²) in [6, 6.07) is 7.51. The molecule has 0 aliphatic carbocycles. The first-order chi connectivity index (χ1) is 10.4. The zero-order valence-corrected chi connectivity index (χ0v) is 13.3. The van der Waals surface area contributed by atoms with Gasteiger partial charge in [-0.15, -0.1) is 0 Å². The van der Waals surface area contributed by atoms with Gasteiger partial charge >= 0.3 is 0 Å². The third kappa shape index (κ3) is 5.37. The van der Waals surface area contributed by atoms with Crippen LogP contribution in [0.25, 0.3) is 0 Å². The average molecular weight is 308 g/mol. The number of nitrogens with one attached hydrogen (secondary N) is 1. The number of hydrogen-bond acceptors (Lipinski definition) is 4. The zero-order valence-electron chi connectivity index (χ0n) is 13.3. The van der Waals surface area contributed by atoms with Crippen molar-refractivity contribution < 1.29 is 19.1 Å². The molecule has 1 rings (SSSR count). The van der Waals surface area contributed by atoms with E-state index >= 15 is 0 Å². The minimum atomic E-state index is -1.01. The number of ether oxygens (including phenoxy) is 2. The third-order valence-electron chi connectivity index (χ3n) is 3.57. The summed E-state index contributed by atoms with van der Waals surface area (Å²) in [5.74, 6) is -0.00573. The number of nitrogens with two attached hydrogens (primary N) is 1. The quantitative estimate of drug-likeness (QED) is 0.674. The van der Waals surface area contributed by atoms with Crippen molar-refractivity contribution >= 4 is 11.8 Å². The van der Waals surface area contributed by atoms with E-state index < -0.39 is 11.4 Å². The summed E-state index contributed by atoms with van der Waals surface area (Å²) >= 11 is 0. The highest BCUT2D eigenvalue weighted by Crippen LogP contribution is 2.12. The Morgan fingerprint density at radius 2 is 1.91 bits per heavy atom. The van der Waals surface area contributed by atoms with Crippen LogP contribution in [-0.4, -0.2) is 31.1 Å². The minimum Gasteiger partial charge on any atom is -0.497 e. The lowest BCUT2D eigenvalue weighted by Gasteiger charge is -2.25. The molecule has 0 aromatic heterocycles. The van der Waals surface area contributed by atoms with Crippen LogP contribution >= 0.6 is 0 Å². The smallest absolute Gasteiger partial charge is 0.242 e. The predicted molar refractivity (Wildman–Crippen MR) is 83.3 cm³/mol. The number of rotatable bonds is 9. The van der Waals surface area contributed by atoms with E-state index in [2.05, 4.69) is 5.32 Å². The highest BCUT2D eigenvalue weighted by atomic mass is 16.5. The lowest BCUT2D eigenvalue weighted by atomic mass is 9.98. The molecule has 0 spiro atoms. The van der Waals surface area contributed by atoms with Crippen LogP contribution in [0.1, 0.15) is 32.3 Å². The van der Waals surface area contributed by atoms with E-state index in [9.17, 15) is 9.59 Å². The van der Waals surface area contributed by atoms with Crippen molar-refractivity contribution in [3.63, 3.8) is 0 Å². The topological polar surface area (TPSA) is 90.7 Å². The maximum Gasteiger partial charge on any atom is 0.242 e. The monoisotopic (exact) mass is 308 g/mol. The molecular formula is C16H24N2O4. The molecule has 0 aliphatic rings. The zero-order chi connectivity index (χ0) is 16.6. The fourth-order valence-electron chi connectivity index (χ4n) is 1.77. The van der Waals surface area contributed by atoms with Gasteiger partial charge in [0.15, 0.2) is 0 Å². The molecule has 1 aromatic carbocycles. The maximum atomic E-state index is 11.8. The first kappa shape index (κ1) is 18.0. The van der Waals surface area contributed by atoms with E-state index in [1.165, 1.54) is 0 Å². The van der Waals surface area contributed by atoms with Gasteiger partial charge in [0.2, 0.25) is 11.8 Å². The second-order valence-electron chi connectivity index (χ2n) is 5.25. The SMILES string of the molecule is CCC(C)(NC(=O)CCOCc1ccc(OC)cc1)C(N)=O. The highest BCUT2D eigenvalue weighted by Gasteiger charge is 2.30. The van der Waals surface area contributed by atoms with E-state index in [1.54, 1.807) is 21.0 Å². The summed E-state index contributed by atoms with van der Waals surface area (Å²) in [5, 5.41) is 2.65. The molecule has 0 radical (unpaired) electrons. The van der Waals surface area contributed by atoms with Gasteiger partial charge in [-0.1, -0.05) is 19.1 Å². The van der Waals surface area contributed by atoms with Crippen LogP contribution in [0.5, 0.6) is 5.75 Å². The van der Waals surface area contributed by atoms with Gasteiger partial charge < -0.3 is 20.5 Å². The number of carbonyl (C=O) groups excluding carboxylic acids is 2. The van der Waals surface area contributed by atoms with Gasteiger partial charge in [-0.3, -0.25) is 9.59 Å². The van der Waals surface area contributed by atoms with Crippen molar-refractivity contribution in [3.8, 4) is 5.75 Å². The lowest BCUT2D eigenvalue weighted by molar-refractivity contribution is -0.131. The third-order valence-corrected chi connectivity index (χ3v) is 3.57. The van der Waals surface area contributed by atoms with Gasteiger partial charge in [-0.05, 0) is 31.0 Å². The molecule has 0 saturated carbocycles. The average Bonchev–Trinajstić information content (AvgIpc) is 2.51. The molecule has 122 valence electrons. The van der Waals surface area contributed by atoms with Crippen LogP contribution in [0.3, 0.4) is 0 Å². The summed E-state index contributed by atoms with van der Waals surface area (Å²) in [6.07, 6.45) is 0.625. The number of benzene rings is 1. The van der Waals surface area contributed by atoms with Gasteiger partial charge in [-0.2, -0.15) is 0 Å². The Kier molecular flexibility index (Phi) is 6.85. The summed E-state index contributed by atoms with van der Waals surface area (Å²) in [4.78, 5) is 23.1. The van der Waals surface area contributed by atoms with Crippen LogP contribution in [0.4, 0.5) is 0 Å². The Bertz CT molecular complexity index is 501. The van der Waals surface area contributed by atoms with E-state index in [0.29, 0.717) is 13.0 Å². The van der Waals surface area contributed by atoms with Crippen molar-refractivity contribution in [2.75, 3.05) is 13.7 Å². The lowest BCUT2D eigenvalue weighted by Crippen LogP contribution is -2.55. The highest BCUT2D eigenvalue weighted by molar-refractivity contribution is 5.89. The van der Waals surface area contributed by atoms with Crippen molar-refractivity contribution in [1.29, 1.82) is 0 Å². The number of primary amides is 1. The Morgan fingerprint density at radius 1 is 1.27 bits per heavy atom. The summed E-state index contributed by atoms with van der Waals surface area (Å²) in [6.45, 7) is 4.10. The summed E-state index contributed by atoms with van der Waals surface area (Å²) in [5.41, 5.74) is 5.28. The van der Waals surface area contributed by atoms with Gasteiger partial charge in [0.25, 0.3) is 0 Å². The molecule has 0 fully saturated rings. The van der Waals surface area contributed by atoms with E-state index in [0.717, 1.165) is 11.3 Å². The molecule has 6 heteroatoms. The Labute approximate surface area is 131 Å². The molecular weight excluding hydrogens is 284 g/mol. The fraction of sp³-hybridized carbons (Fsp3) is 0.500. The van der Waals surface area contributed by atoms with Crippen LogP contribution in [0, 0.1) is 0 Å². The second-order valence-corrected chi connectivity index (χ2v) is 5.25. The molecule has 22 heavy (non-hydrogen) atoms. The number of carbonyl (C=O) groups is 2. The Hall–Kier alpha value is -2.08. The fourth-order valence-corrected chi connectivity index (χ4v) is 1.77.